The summed E-state index contributed by atoms with van der Waals surface area (Å²) in [6, 6.07) is -0.883. The molecule has 39 heavy (non-hydrogen) atoms. The molecule has 12 nitrogen and oxygen atoms in total. The van der Waals surface area contributed by atoms with Gasteiger partial charge in [0, 0.05) is 17.5 Å². The summed E-state index contributed by atoms with van der Waals surface area (Å²) >= 11 is 0. The smallest absolute Gasteiger partial charge is 0.238 e. The van der Waals surface area contributed by atoms with E-state index >= 15 is 8.78 Å². The number of aromatic hydroxyl groups is 1. The van der Waals surface area contributed by atoms with Crippen molar-refractivity contribution in [1.82, 2.24) is 9.80 Å². The first-order valence-electron chi connectivity index (χ1n) is 12.0. The minimum absolute atomic E-state index is 0.151. The quantitative estimate of drug-likeness (QED) is 0.247. The van der Waals surface area contributed by atoms with Gasteiger partial charge in [0.05, 0.1) is 35.7 Å². The summed E-state index contributed by atoms with van der Waals surface area (Å²) in [5.41, 5.74) is 0.355. The highest BCUT2D eigenvalue weighted by Crippen LogP contribution is 2.52. The summed E-state index contributed by atoms with van der Waals surface area (Å²) in [5, 5.41) is 24.5. The van der Waals surface area contributed by atoms with Crippen LogP contribution in [0.3, 0.4) is 0 Å². The number of amides is 2. The van der Waals surface area contributed by atoms with Crippen LogP contribution in [0.15, 0.2) is 6.07 Å². The van der Waals surface area contributed by atoms with E-state index in [1.54, 1.807) is 14.1 Å². The Labute approximate surface area is 221 Å². The van der Waals surface area contributed by atoms with E-state index in [0.29, 0.717) is 0 Å². The highest BCUT2D eigenvalue weighted by atomic mass is 19.1. The fraction of sp³-hybridized carbons (Fsp3) is 0.520. The lowest BCUT2D eigenvalue weighted by Crippen LogP contribution is -2.77. The molecule has 0 aliphatic heterocycles. The van der Waals surface area contributed by atoms with E-state index < -0.39 is 111 Å². The normalized spacial score (nSPS) is 32.1. The van der Waals surface area contributed by atoms with E-state index in [0.717, 1.165) is 11.0 Å². The fourth-order valence-electron chi connectivity index (χ4n) is 6.16. The Balaban J connectivity index is 1.85. The average Bonchev–Trinajstić information content (AvgIpc) is 2.81. The SMILES string of the molecule is CN(C)CC(=O)Nc1cc(F)c2c(c1O)C(=O)C1C(=O)[C@]3(O)C(=O)C(C(N)=O)C(=O)[C@@H](N(C)C)[C@@H]3[C@@H](F)[C@@H]1C2. The summed E-state index contributed by atoms with van der Waals surface area (Å²) < 4.78 is 31.5. The second-order valence-electron chi connectivity index (χ2n) is 10.7. The van der Waals surface area contributed by atoms with Crippen molar-refractivity contribution in [2.24, 2.45) is 29.4 Å². The number of nitrogens with one attached hydrogen (secondary N) is 1. The number of primary amides is 1. The maximum absolute atomic E-state index is 16.3. The second kappa shape index (κ2) is 9.54. The highest BCUT2D eigenvalue weighted by Gasteiger charge is 2.72. The molecule has 2 unspecified atom stereocenters. The van der Waals surface area contributed by atoms with Crippen LogP contribution in [0.2, 0.25) is 0 Å². The van der Waals surface area contributed by atoms with E-state index in [1.165, 1.54) is 19.0 Å². The minimum atomic E-state index is -3.28. The number of aliphatic hydroxyl groups is 1. The number of carbonyl (C=O) groups is 6. The van der Waals surface area contributed by atoms with E-state index in [4.69, 9.17) is 5.73 Å². The number of phenolic OH excluding ortho intramolecular Hbond substituents is 1. The molecule has 7 atom stereocenters. The molecule has 2 amide bonds. The molecule has 210 valence electrons. The third-order valence-corrected chi connectivity index (χ3v) is 7.77. The summed E-state index contributed by atoms with van der Waals surface area (Å²) in [4.78, 5) is 80.4. The van der Waals surface area contributed by atoms with Gasteiger partial charge in [0.25, 0.3) is 0 Å². The molecule has 1 aromatic carbocycles. The number of phenols is 1. The van der Waals surface area contributed by atoms with E-state index in [-0.39, 0.29) is 6.54 Å². The number of anilines is 1. The second-order valence-corrected chi connectivity index (χ2v) is 10.7. The molecule has 0 radical (unpaired) electrons. The van der Waals surface area contributed by atoms with Crippen molar-refractivity contribution in [2.45, 2.75) is 24.2 Å². The van der Waals surface area contributed by atoms with Gasteiger partial charge in [0.2, 0.25) is 11.8 Å². The largest absolute Gasteiger partial charge is 0.505 e. The van der Waals surface area contributed by atoms with Crippen LogP contribution in [0, 0.1) is 29.5 Å². The number of likely N-dealkylation sites (N-methyl/N-ethyl adjacent to an activating group) is 2. The van der Waals surface area contributed by atoms with Crippen LogP contribution in [0.4, 0.5) is 14.5 Å². The van der Waals surface area contributed by atoms with Crippen molar-refractivity contribution in [3.05, 3.63) is 23.0 Å². The van der Waals surface area contributed by atoms with E-state index in [9.17, 15) is 39.0 Å². The lowest BCUT2D eigenvalue weighted by Gasteiger charge is -2.53. The van der Waals surface area contributed by atoms with Gasteiger partial charge in [-0.1, -0.05) is 0 Å². The molecule has 3 aliphatic rings. The fourth-order valence-corrected chi connectivity index (χ4v) is 6.16. The lowest BCUT2D eigenvalue weighted by atomic mass is 9.51. The minimum Gasteiger partial charge on any atom is -0.505 e. The van der Waals surface area contributed by atoms with Gasteiger partial charge in [-0.05, 0) is 34.6 Å². The molecule has 0 aromatic heterocycles. The van der Waals surface area contributed by atoms with Crippen molar-refractivity contribution in [3.8, 4) is 5.75 Å². The number of halogens is 2. The topological polar surface area (TPSA) is 187 Å². The van der Waals surface area contributed by atoms with Crippen LogP contribution < -0.4 is 11.1 Å². The zero-order valence-electron chi connectivity index (χ0n) is 21.5. The first kappa shape index (κ1) is 28.4. The van der Waals surface area contributed by atoms with Gasteiger partial charge in [0.1, 0.15) is 17.7 Å². The Morgan fingerprint density at radius 1 is 1.15 bits per heavy atom. The monoisotopic (exact) mass is 550 g/mol. The number of Topliss-reactive ketones (excluding diaryl/α,β-unsaturated/α-hetero) is 4. The van der Waals surface area contributed by atoms with Crippen molar-refractivity contribution < 1.29 is 47.8 Å². The van der Waals surface area contributed by atoms with Gasteiger partial charge in [-0.25, -0.2) is 8.78 Å². The molecule has 2 fully saturated rings. The van der Waals surface area contributed by atoms with Crippen LogP contribution in [0.25, 0.3) is 0 Å². The molecule has 2 saturated carbocycles. The molecular weight excluding hydrogens is 522 g/mol. The number of fused-ring (bicyclic) bond motifs is 3. The van der Waals surface area contributed by atoms with E-state index in [1.807, 2.05) is 0 Å². The van der Waals surface area contributed by atoms with Crippen molar-refractivity contribution in [2.75, 3.05) is 40.1 Å². The Hall–Kier alpha value is -3.62. The molecule has 4 rings (SSSR count). The Morgan fingerprint density at radius 3 is 2.31 bits per heavy atom. The van der Waals surface area contributed by atoms with Crippen LogP contribution in [0.5, 0.6) is 5.75 Å². The number of hydrogen-bond donors (Lipinski definition) is 4. The first-order valence-corrected chi connectivity index (χ1v) is 12.0. The van der Waals surface area contributed by atoms with Gasteiger partial charge >= 0.3 is 0 Å². The predicted octanol–water partition coefficient (Wildman–Crippen LogP) is -1.55. The molecule has 0 bridgehead atoms. The van der Waals surface area contributed by atoms with Crippen molar-refractivity contribution >= 4 is 40.6 Å². The van der Waals surface area contributed by atoms with Crippen LogP contribution in [0.1, 0.15) is 15.9 Å². The zero-order chi connectivity index (χ0) is 29.3. The molecule has 0 spiro atoms. The summed E-state index contributed by atoms with van der Waals surface area (Å²) in [6.45, 7) is -0.151. The number of nitrogens with two attached hydrogens (primary N) is 1. The number of hydrogen-bond acceptors (Lipinski definition) is 10. The Bertz CT molecular complexity index is 1330. The van der Waals surface area contributed by atoms with Gasteiger partial charge in [-0.3, -0.25) is 33.7 Å². The molecule has 5 N–H and O–H groups in total. The third kappa shape index (κ3) is 4.05. The zero-order valence-corrected chi connectivity index (χ0v) is 21.5. The lowest BCUT2D eigenvalue weighted by molar-refractivity contribution is -0.189. The number of nitrogens with zero attached hydrogens (tertiary/aromatic N) is 2. The van der Waals surface area contributed by atoms with Crippen molar-refractivity contribution in [1.29, 1.82) is 0 Å². The Kier molecular flexibility index (Phi) is 6.94. The molecule has 1 aromatic rings. The summed E-state index contributed by atoms with van der Waals surface area (Å²) in [7, 11) is 5.79. The summed E-state index contributed by atoms with van der Waals surface area (Å²) in [5.74, 6) is -17.5. The molecule has 14 heteroatoms. The summed E-state index contributed by atoms with van der Waals surface area (Å²) in [6.07, 6.45) is -2.96. The number of rotatable bonds is 5. The number of benzene rings is 1. The molecule has 0 saturated heterocycles. The van der Waals surface area contributed by atoms with E-state index in [2.05, 4.69) is 5.32 Å². The predicted molar refractivity (Wildman–Crippen MR) is 129 cm³/mol. The molecular formula is C25H28F2N4O8. The van der Waals surface area contributed by atoms with Crippen LogP contribution >= 0.6 is 0 Å². The van der Waals surface area contributed by atoms with Gasteiger partial charge in [0.15, 0.2) is 34.7 Å². The maximum Gasteiger partial charge on any atom is 0.238 e. The van der Waals surface area contributed by atoms with Crippen LogP contribution in [-0.4, -0.2) is 108 Å². The Morgan fingerprint density at radius 2 is 1.77 bits per heavy atom. The van der Waals surface area contributed by atoms with Gasteiger partial charge < -0.3 is 26.2 Å². The number of ketones is 4. The number of carbonyl (C=O) groups excluding carboxylic acids is 6. The molecule has 0 heterocycles. The van der Waals surface area contributed by atoms with Gasteiger partial charge in [-0.15, -0.1) is 0 Å². The van der Waals surface area contributed by atoms with Crippen LogP contribution in [-0.2, 0) is 30.4 Å². The number of alkyl halides is 1. The standard InChI is InChI=1S/C25H28F2N4O8/c1-30(2)7-12(32)29-11-6-10(26)8-5-9-14(20(34)13(8)19(11)33)22(36)25(39)16(17(9)27)18(31(3)4)21(35)15(23(25)37)24(28)38/h6,9,14-18,33,39H,5,7H2,1-4H3,(H2,28,38)(H,29,32)/t9-,14?,15?,16+,17+,18+,25+/m1/s1. The first-order chi connectivity index (χ1) is 18.0. The molecule has 3 aliphatic carbocycles. The van der Waals surface area contributed by atoms with Gasteiger partial charge in [-0.2, -0.15) is 0 Å². The maximum atomic E-state index is 16.3. The third-order valence-electron chi connectivity index (χ3n) is 7.77. The average molecular weight is 551 g/mol. The van der Waals surface area contributed by atoms with Crippen molar-refractivity contribution in [3.63, 3.8) is 0 Å². The highest BCUT2D eigenvalue weighted by molar-refractivity contribution is 6.32.